The molecule has 1 atom stereocenters. The zero-order chi connectivity index (χ0) is 14.4. The van der Waals surface area contributed by atoms with Crippen LogP contribution in [0.3, 0.4) is 0 Å². The third-order valence-corrected chi connectivity index (χ3v) is 3.52. The average molecular weight is 270 g/mol. The van der Waals surface area contributed by atoms with Crippen LogP contribution in [0.15, 0.2) is 42.5 Å². The molecule has 0 aliphatic heterocycles. The number of carbonyl (C=O) groups is 1. The van der Waals surface area contributed by atoms with Gasteiger partial charge in [0.25, 0.3) is 0 Å². The van der Waals surface area contributed by atoms with Gasteiger partial charge < -0.3 is 10.6 Å². The topological polar surface area (TPSA) is 41.1 Å². The lowest BCUT2D eigenvalue weighted by Gasteiger charge is -2.12. The molecule has 2 aromatic carbocycles. The summed E-state index contributed by atoms with van der Waals surface area (Å²) in [4.78, 5) is 12.0. The van der Waals surface area contributed by atoms with E-state index in [1.54, 1.807) is 0 Å². The molecule has 3 heteroatoms. The number of hydrogen-bond acceptors (Lipinski definition) is 2. The predicted molar refractivity (Wildman–Crippen MR) is 85.0 cm³/mol. The number of fused-ring (bicyclic) bond motifs is 1. The van der Waals surface area contributed by atoms with Gasteiger partial charge >= 0.3 is 0 Å². The molecule has 2 aromatic rings. The minimum atomic E-state index is 0.0529. The summed E-state index contributed by atoms with van der Waals surface area (Å²) >= 11 is 0. The fraction of sp³-hybridized carbons (Fsp3) is 0.353. The van der Waals surface area contributed by atoms with Gasteiger partial charge in [-0.2, -0.15) is 0 Å². The Morgan fingerprint density at radius 3 is 2.70 bits per heavy atom. The Labute approximate surface area is 120 Å². The van der Waals surface area contributed by atoms with Crippen LogP contribution in [0.25, 0.3) is 10.8 Å². The summed E-state index contributed by atoms with van der Waals surface area (Å²) in [6.45, 7) is 4.97. The van der Waals surface area contributed by atoms with E-state index in [2.05, 4.69) is 36.6 Å². The smallest absolute Gasteiger partial charge is 0.225 e. The van der Waals surface area contributed by atoms with E-state index in [0.717, 1.165) is 22.9 Å². The minimum Gasteiger partial charge on any atom is -0.325 e. The van der Waals surface area contributed by atoms with E-state index < -0.39 is 0 Å². The predicted octanol–water partition coefficient (Wildman–Crippen LogP) is 3.56. The number of nitrogens with one attached hydrogen (secondary N) is 2. The standard InChI is InChI=1S/C17H22N2O/c1-3-13(2)18-12-11-17(20)19-16-10-6-8-14-7-4-5-9-15(14)16/h4-10,13,18H,3,11-12H2,1-2H3,(H,19,20)/t13-/m0/s1. The Morgan fingerprint density at radius 1 is 1.15 bits per heavy atom. The molecule has 2 rings (SSSR count). The molecule has 0 saturated heterocycles. The Hall–Kier alpha value is -1.87. The molecule has 0 fully saturated rings. The number of benzene rings is 2. The molecule has 106 valence electrons. The lowest BCUT2D eigenvalue weighted by atomic mass is 10.1. The fourth-order valence-electron chi connectivity index (χ4n) is 2.12. The number of carbonyl (C=O) groups excluding carboxylic acids is 1. The molecule has 0 spiro atoms. The van der Waals surface area contributed by atoms with Crippen molar-refractivity contribution in [1.82, 2.24) is 5.32 Å². The van der Waals surface area contributed by atoms with Crippen LogP contribution in [0, 0.1) is 0 Å². The van der Waals surface area contributed by atoms with Crippen molar-refractivity contribution in [2.75, 3.05) is 11.9 Å². The number of hydrogen-bond donors (Lipinski definition) is 2. The molecule has 0 radical (unpaired) electrons. The molecule has 0 heterocycles. The molecular formula is C17H22N2O. The highest BCUT2D eigenvalue weighted by molar-refractivity contribution is 6.02. The van der Waals surface area contributed by atoms with E-state index >= 15 is 0 Å². The maximum atomic E-state index is 12.0. The van der Waals surface area contributed by atoms with E-state index in [0.29, 0.717) is 19.0 Å². The summed E-state index contributed by atoms with van der Waals surface area (Å²) in [5.41, 5.74) is 0.886. The first kappa shape index (κ1) is 14.5. The minimum absolute atomic E-state index is 0.0529. The maximum Gasteiger partial charge on any atom is 0.225 e. The number of anilines is 1. The third kappa shape index (κ3) is 3.81. The molecule has 0 bridgehead atoms. The second kappa shape index (κ2) is 7.06. The van der Waals surface area contributed by atoms with E-state index in [-0.39, 0.29) is 5.91 Å². The van der Waals surface area contributed by atoms with E-state index in [9.17, 15) is 4.79 Å². The summed E-state index contributed by atoms with van der Waals surface area (Å²) in [5.74, 6) is 0.0529. The summed E-state index contributed by atoms with van der Waals surface area (Å²) in [6, 6.07) is 14.5. The van der Waals surface area contributed by atoms with Crippen molar-refractivity contribution in [3.63, 3.8) is 0 Å². The molecule has 0 aliphatic rings. The average Bonchev–Trinajstić information content (AvgIpc) is 2.47. The van der Waals surface area contributed by atoms with Gasteiger partial charge in [0.1, 0.15) is 0 Å². The van der Waals surface area contributed by atoms with E-state index in [4.69, 9.17) is 0 Å². The van der Waals surface area contributed by atoms with Gasteiger partial charge in [-0.05, 0) is 24.8 Å². The Balaban J connectivity index is 1.96. The van der Waals surface area contributed by atoms with Gasteiger partial charge in [0.05, 0.1) is 0 Å². The lowest BCUT2D eigenvalue weighted by Crippen LogP contribution is -2.28. The first-order valence-corrected chi connectivity index (χ1v) is 7.21. The van der Waals surface area contributed by atoms with Gasteiger partial charge in [-0.25, -0.2) is 0 Å². The summed E-state index contributed by atoms with van der Waals surface area (Å²) in [6.07, 6.45) is 1.57. The Morgan fingerprint density at radius 2 is 1.90 bits per heavy atom. The van der Waals surface area contributed by atoms with Gasteiger partial charge in [0.2, 0.25) is 5.91 Å². The molecule has 0 aliphatic carbocycles. The molecule has 2 N–H and O–H groups in total. The van der Waals surface area contributed by atoms with Gasteiger partial charge in [0, 0.05) is 30.1 Å². The SMILES string of the molecule is CC[C@H](C)NCCC(=O)Nc1cccc2ccccc12. The first-order chi connectivity index (χ1) is 9.70. The van der Waals surface area contributed by atoms with Crippen LogP contribution in [0.4, 0.5) is 5.69 Å². The molecule has 20 heavy (non-hydrogen) atoms. The summed E-state index contributed by atoms with van der Waals surface area (Å²) in [5, 5.41) is 8.55. The zero-order valence-electron chi connectivity index (χ0n) is 12.1. The van der Waals surface area contributed by atoms with Crippen molar-refractivity contribution in [2.24, 2.45) is 0 Å². The second-order valence-corrected chi connectivity index (χ2v) is 5.09. The van der Waals surface area contributed by atoms with Gasteiger partial charge in [-0.1, -0.05) is 43.3 Å². The lowest BCUT2D eigenvalue weighted by molar-refractivity contribution is -0.116. The van der Waals surface area contributed by atoms with Gasteiger partial charge in [0.15, 0.2) is 0 Å². The number of rotatable bonds is 6. The third-order valence-electron chi connectivity index (χ3n) is 3.52. The quantitative estimate of drug-likeness (QED) is 0.842. The van der Waals surface area contributed by atoms with Crippen LogP contribution in [-0.2, 0) is 4.79 Å². The highest BCUT2D eigenvalue weighted by Crippen LogP contribution is 2.22. The van der Waals surface area contributed by atoms with Crippen molar-refractivity contribution in [2.45, 2.75) is 32.7 Å². The van der Waals surface area contributed by atoms with Crippen molar-refractivity contribution in [3.05, 3.63) is 42.5 Å². The van der Waals surface area contributed by atoms with E-state index in [1.165, 1.54) is 0 Å². The van der Waals surface area contributed by atoms with Crippen LogP contribution in [0.1, 0.15) is 26.7 Å². The highest BCUT2D eigenvalue weighted by Gasteiger charge is 2.06. The van der Waals surface area contributed by atoms with Gasteiger partial charge in [-0.15, -0.1) is 0 Å². The molecule has 1 amide bonds. The highest BCUT2D eigenvalue weighted by atomic mass is 16.1. The van der Waals surface area contributed by atoms with Crippen molar-refractivity contribution >= 4 is 22.4 Å². The van der Waals surface area contributed by atoms with Crippen molar-refractivity contribution in [1.29, 1.82) is 0 Å². The van der Waals surface area contributed by atoms with Crippen LogP contribution >= 0.6 is 0 Å². The van der Waals surface area contributed by atoms with Crippen LogP contribution in [0.5, 0.6) is 0 Å². The Bertz CT molecular complexity index is 575. The monoisotopic (exact) mass is 270 g/mol. The normalized spacial score (nSPS) is 12.3. The molecule has 0 unspecified atom stereocenters. The van der Waals surface area contributed by atoms with E-state index in [1.807, 2.05) is 30.3 Å². The second-order valence-electron chi connectivity index (χ2n) is 5.09. The Kier molecular flexibility index (Phi) is 5.13. The zero-order valence-corrected chi connectivity index (χ0v) is 12.1. The summed E-state index contributed by atoms with van der Waals surface area (Å²) < 4.78 is 0. The van der Waals surface area contributed by atoms with Gasteiger partial charge in [-0.3, -0.25) is 4.79 Å². The molecular weight excluding hydrogens is 248 g/mol. The molecule has 3 nitrogen and oxygen atoms in total. The summed E-state index contributed by atoms with van der Waals surface area (Å²) in [7, 11) is 0. The van der Waals surface area contributed by atoms with Crippen molar-refractivity contribution in [3.8, 4) is 0 Å². The fourth-order valence-corrected chi connectivity index (χ4v) is 2.12. The van der Waals surface area contributed by atoms with Crippen LogP contribution in [0.2, 0.25) is 0 Å². The van der Waals surface area contributed by atoms with Crippen LogP contribution < -0.4 is 10.6 Å². The molecule has 0 saturated carbocycles. The largest absolute Gasteiger partial charge is 0.325 e. The van der Waals surface area contributed by atoms with Crippen LogP contribution in [-0.4, -0.2) is 18.5 Å². The van der Waals surface area contributed by atoms with Crippen molar-refractivity contribution < 1.29 is 4.79 Å². The number of amides is 1. The first-order valence-electron chi connectivity index (χ1n) is 7.21. The molecule has 0 aromatic heterocycles. The maximum absolute atomic E-state index is 12.0.